The first kappa shape index (κ1) is 18.3. The summed E-state index contributed by atoms with van der Waals surface area (Å²) in [4.78, 5) is 29.3. The maximum absolute atomic E-state index is 13.0. The Labute approximate surface area is 158 Å². The molecule has 0 spiro atoms. The summed E-state index contributed by atoms with van der Waals surface area (Å²) in [5, 5.41) is 1.30. The van der Waals surface area contributed by atoms with Gasteiger partial charge in [0.1, 0.15) is 5.76 Å². The van der Waals surface area contributed by atoms with Crippen LogP contribution in [-0.2, 0) is 11.3 Å². The van der Waals surface area contributed by atoms with E-state index in [4.69, 9.17) is 20.8 Å². The quantitative estimate of drug-likeness (QED) is 0.363. The van der Waals surface area contributed by atoms with E-state index in [9.17, 15) is 9.59 Å². The fourth-order valence-corrected chi connectivity index (χ4v) is 3.31. The fraction of sp³-hybridized carbons (Fsp3) is 0.167. The number of benzene rings is 1. The highest BCUT2D eigenvalue weighted by Gasteiger charge is 2.15. The number of thioether (sulfide) groups is 1. The second-order valence-electron chi connectivity index (χ2n) is 5.39. The van der Waals surface area contributed by atoms with Crippen molar-refractivity contribution in [2.45, 2.75) is 11.7 Å². The Morgan fingerprint density at radius 3 is 2.88 bits per heavy atom. The number of halogens is 1. The summed E-state index contributed by atoms with van der Waals surface area (Å²) >= 11 is 7.14. The molecule has 0 N–H and O–H groups in total. The molecule has 8 heteroatoms. The van der Waals surface area contributed by atoms with Crippen LogP contribution in [0.5, 0.6) is 0 Å². The number of carbonyl (C=O) groups excluding carboxylic acids is 1. The van der Waals surface area contributed by atoms with Gasteiger partial charge in [0, 0.05) is 10.8 Å². The molecule has 0 aliphatic rings. The second-order valence-corrected chi connectivity index (χ2v) is 6.87. The normalized spacial score (nSPS) is 10.8. The molecule has 0 amide bonds. The third-order valence-corrected chi connectivity index (χ3v) is 4.95. The predicted octanol–water partition coefficient (Wildman–Crippen LogP) is 3.67. The van der Waals surface area contributed by atoms with Crippen LogP contribution in [0.2, 0.25) is 0 Å². The zero-order valence-electron chi connectivity index (χ0n) is 13.9. The Hall–Kier alpha value is -2.51. The lowest BCUT2D eigenvalue weighted by atomic mass is 10.1. The maximum atomic E-state index is 13.0. The predicted molar refractivity (Wildman–Crippen MR) is 101 cm³/mol. The number of esters is 1. The van der Waals surface area contributed by atoms with Crippen LogP contribution in [0.15, 0.2) is 62.6 Å². The fourth-order valence-electron chi connectivity index (χ4n) is 2.40. The van der Waals surface area contributed by atoms with Gasteiger partial charge in [-0.2, -0.15) is 0 Å². The second kappa shape index (κ2) is 7.80. The van der Waals surface area contributed by atoms with Crippen molar-refractivity contribution >= 4 is 40.2 Å². The molecule has 0 fully saturated rings. The van der Waals surface area contributed by atoms with Gasteiger partial charge in [-0.25, -0.2) is 9.78 Å². The van der Waals surface area contributed by atoms with E-state index < -0.39 is 5.97 Å². The van der Waals surface area contributed by atoms with Crippen molar-refractivity contribution in [3.05, 3.63) is 69.9 Å². The lowest BCUT2D eigenvalue weighted by Crippen LogP contribution is -2.24. The number of methoxy groups -OCH3 is 1. The minimum Gasteiger partial charge on any atom is -0.467 e. The van der Waals surface area contributed by atoms with Crippen LogP contribution in [0.3, 0.4) is 0 Å². The molecular weight excluding hydrogens is 376 g/mol. The van der Waals surface area contributed by atoms with Crippen molar-refractivity contribution < 1.29 is 13.9 Å². The third kappa shape index (κ3) is 3.84. The number of nitrogens with zero attached hydrogens (tertiary/aromatic N) is 2. The Kier molecular flexibility index (Phi) is 5.49. The van der Waals surface area contributed by atoms with Crippen molar-refractivity contribution in [3.8, 4) is 0 Å². The highest BCUT2D eigenvalue weighted by Crippen LogP contribution is 2.22. The van der Waals surface area contributed by atoms with Crippen molar-refractivity contribution in [3.63, 3.8) is 0 Å². The number of fused-ring (bicyclic) bond motifs is 1. The number of hydrogen-bond donors (Lipinski definition) is 0. The first-order chi connectivity index (χ1) is 12.5. The number of ether oxygens (including phenoxy) is 1. The average Bonchev–Trinajstić information content (AvgIpc) is 3.14. The Morgan fingerprint density at radius 2 is 2.23 bits per heavy atom. The van der Waals surface area contributed by atoms with Gasteiger partial charge in [0.05, 0.1) is 36.4 Å². The molecule has 0 saturated heterocycles. The Balaban J connectivity index is 2.14. The van der Waals surface area contributed by atoms with E-state index in [2.05, 4.69) is 11.6 Å². The summed E-state index contributed by atoms with van der Waals surface area (Å²) in [5.41, 5.74) is 0.509. The van der Waals surface area contributed by atoms with E-state index in [1.54, 1.807) is 36.6 Å². The van der Waals surface area contributed by atoms with Crippen LogP contribution in [0, 0.1) is 0 Å². The van der Waals surface area contributed by atoms with E-state index in [1.807, 2.05) is 0 Å². The number of rotatable bonds is 6. The van der Waals surface area contributed by atoms with Gasteiger partial charge in [-0.3, -0.25) is 9.36 Å². The Morgan fingerprint density at radius 1 is 1.42 bits per heavy atom. The molecule has 0 aliphatic carbocycles. The van der Waals surface area contributed by atoms with Crippen LogP contribution in [0.4, 0.5) is 0 Å². The summed E-state index contributed by atoms with van der Waals surface area (Å²) in [5.74, 6) is 0.539. The first-order valence-electron chi connectivity index (χ1n) is 7.61. The monoisotopic (exact) mass is 390 g/mol. The van der Waals surface area contributed by atoms with Crippen molar-refractivity contribution in [2.75, 3.05) is 12.9 Å². The van der Waals surface area contributed by atoms with Crippen LogP contribution in [-0.4, -0.2) is 28.4 Å². The number of furan rings is 1. The standard InChI is InChI=1S/C18H15ClN2O4S/c1-11(19)10-26-18-20-15-8-12(17(23)24-2)5-6-14(15)16(22)21(18)9-13-4-3-7-25-13/h3-8H,1,9-10H2,2H3. The molecule has 0 saturated carbocycles. The number of aromatic nitrogens is 2. The van der Waals surface area contributed by atoms with Gasteiger partial charge in [0.25, 0.3) is 5.56 Å². The zero-order valence-corrected chi connectivity index (χ0v) is 15.5. The molecule has 6 nitrogen and oxygen atoms in total. The summed E-state index contributed by atoms with van der Waals surface area (Å²) < 4.78 is 11.6. The maximum Gasteiger partial charge on any atom is 0.337 e. The number of carbonyl (C=O) groups is 1. The molecule has 0 unspecified atom stereocenters. The van der Waals surface area contributed by atoms with E-state index >= 15 is 0 Å². The molecule has 0 atom stereocenters. The SMILES string of the molecule is C=C(Cl)CSc1nc2cc(C(=O)OC)ccc2c(=O)n1Cc1ccco1. The molecule has 0 aliphatic heterocycles. The van der Waals surface area contributed by atoms with Gasteiger partial charge < -0.3 is 9.15 Å². The van der Waals surface area contributed by atoms with E-state index in [1.165, 1.54) is 23.4 Å². The van der Waals surface area contributed by atoms with Crippen LogP contribution >= 0.6 is 23.4 Å². The molecule has 26 heavy (non-hydrogen) atoms. The smallest absolute Gasteiger partial charge is 0.337 e. The molecule has 2 heterocycles. The van der Waals surface area contributed by atoms with Gasteiger partial charge in [-0.1, -0.05) is 29.9 Å². The lowest BCUT2D eigenvalue weighted by Gasteiger charge is -2.12. The molecule has 3 aromatic rings. The van der Waals surface area contributed by atoms with Gasteiger partial charge in [0.2, 0.25) is 0 Å². The topological polar surface area (TPSA) is 74.3 Å². The third-order valence-electron chi connectivity index (χ3n) is 3.59. The molecule has 3 rings (SSSR count). The van der Waals surface area contributed by atoms with E-state index in [-0.39, 0.29) is 12.1 Å². The van der Waals surface area contributed by atoms with Crippen molar-refractivity contribution in [1.82, 2.24) is 9.55 Å². The van der Waals surface area contributed by atoms with Crippen molar-refractivity contribution in [2.24, 2.45) is 0 Å². The number of hydrogen-bond acceptors (Lipinski definition) is 6. The summed E-state index contributed by atoms with van der Waals surface area (Å²) in [6, 6.07) is 8.20. The average molecular weight is 391 g/mol. The highest BCUT2D eigenvalue weighted by atomic mass is 35.5. The van der Waals surface area contributed by atoms with Crippen LogP contribution in [0.25, 0.3) is 10.9 Å². The van der Waals surface area contributed by atoms with Crippen LogP contribution in [0.1, 0.15) is 16.1 Å². The van der Waals surface area contributed by atoms with Gasteiger partial charge in [-0.05, 0) is 30.3 Å². The lowest BCUT2D eigenvalue weighted by molar-refractivity contribution is 0.0601. The molecular formula is C18H15ClN2O4S. The largest absolute Gasteiger partial charge is 0.467 e. The molecule has 1 aromatic carbocycles. The van der Waals surface area contributed by atoms with E-state index in [0.717, 1.165) is 0 Å². The van der Waals surface area contributed by atoms with E-state index in [0.29, 0.717) is 38.2 Å². The van der Waals surface area contributed by atoms with Gasteiger partial charge in [-0.15, -0.1) is 0 Å². The summed E-state index contributed by atoms with van der Waals surface area (Å²) in [6.45, 7) is 3.90. The molecule has 0 bridgehead atoms. The summed E-state index contributed by atoms with van der Waals surface area (Å²) in [7, 11) is 1.30. The molecule has 2 aromatic heterocycles. The van der Waals surface area contributed by atoms with Gasteiger partial charge >= 0.3 is 5.97 Å². The molecule has 0 radical (unpaired) electrons. The summed E-state index contributed by atoms with van der Waals surface area (Å²) in [6.07, 6.45) is 1.55. The minimum absolute atomic E-state index is 0.231. The highest BCUT2D eigenvalue weighted by molar-refractivity contribution is 7.99. The first-order valence-corrected chi connectivity index (χ1v) is 8.97. The molecule has 134 valence electrons. The minimum atomic E-state index is -0.489. The van der Waals surface area contributed by atoms with Crippen LogP contribution < -0.4 is 5.56 Å². The zero-order chi connectivity index (χ0) is 18.7. The van der Waals surface area contributed by atoms with Crippen molar-refractivity contribution in [1.29, 1.82) is 0 Å². The van der Waals surface area contributed by atoms with Gasteiger partial charge in [0.15, 0.2) is 5.16 Å². The Bertz CT molecular complexity index is 1030.